The third-order valence-corrected chi connectivity index (χ3v) is 9.48. The summed E-state index contributed by atoms with van der Waals surface area (Å²) in [5.74, 6) is 0.894. The molecule has 3 aromatic carbocycles. The van der Waals surface area contributed by atoms with Gasteiger partial charge < -0.3 is 14.8 Å². The van der Waals surface area contributed by atoms with E-state index in [2.05, 4.69) is 36.9 Å². The normalized spacial score (nSPS) is 17.6. The van der Waals surface area contributed by atoms with Crippen molar-refractivity contribution < 1.29 is 14.4 Å². The first-order valence-corrected chi connectivity index (χ1v) is 16.5. The second-order valence-electron chi connectivity index (χ2n) is 12.9. The lowest BCUT2D eigenvalue weighted by atomic mass is 10.0. The number of nitrogens with one attached hydrogen (secondary N) is 1. The zero-order chi connectivity index (χ0) is 33.4. The number of hydrogen-bond donors (Lipinski definition) is 1. The van der Waals surface area contributed by atoms with Gasteiger partial charge in [-0.2, -0.15) is 5.10 Å². The summed E-state index contributed by atoms with van der Waals surface area (Å²) in [7, 11) is 0. The van der Waals surface area contributed by atoms with Gasteiger partial charge in [0.2, 0.25) is 11.8 Å². The second kappa shape index (κ2) is 13.0. The van der Waals surface area contributed by atoms with Gasteiger partial charge in [-0.3, -0.25) is 19.1 Å². The number of carbonyl (C=O) groups is 3. The Balaban J connectivity index is 1.12. The quantitative estimate of drug-likeness (QED) is 0.227. The molecule has 7 rings (SSSR count). The van der Waals surface area contributed by atoms with E-state index in [1.54, 1.807) is 4.90 Å². The lowest BCUT2D eigenvalue weighted by Crippen LogP contribution is -2.44. The molecule has 2 aliphatic rings. The Morgan fingerprint density at radius 2 is 1.81 bits per heavy atom. The minimum absolute atomic E-state index is 0.130. The average Bonchev–Trinajstić information content (AvgIpc) is 3.75. The van der Waals surface area contributed by atoms with E-state index in [-0.39, 0.29) is 30.0 Å². The Bertz CT molecular complexity index is 2050. The summed E-state index contributed by atoms with van der Waals surface area (Å²) >= 11 is 0. The molecule has 11 heteroatoms. The van der Waals surface area contributed by atoms with Crippen LogP contribution in [0.5, 0.6) is 0 Å². The first kappa shape index (κ1) is 31.2. The van der Waals surface area contributed by atoms with Gasteiger partial charge in [-0.05, 0) is 79.8 Å². The van der Waals surface area contributed by atoms with Crippen molar-refractivity contribution >= 4 is 41.0 Å². The molecule has 1 saturated heterocycles. The summed E-state index contributed by atoms with van der Waals surface area (Å²) in [4.78, 5) is 45.6. The Kier molecular flexibility index (Phi) is 8.43. The number of aromatic nitrogens is 5. The van der Waals surface area contributed by atoms with Crippen molar-refractivity contribution in [1.82, 2.24) is 29.4 Å². The van der Waals surface area contributed by atoms with E-state index in [0.717, 1.165) is 59.7 Å². The maximum atomic E-state index is 13.9. The van der Waals surface area contributed by atoms with Crippen molar-refractivity contribution in [3.8, 4) is 22.5 Å². The first-order chi connectivity index (χ1) is 23.3. The van der Waals surface area contributed by atoms with E-state index < -0.39 is 11.9 Å². The average molecular weight is 643 g/mol. The number of aliphatic imine (C=N–C) groups is 1. The van der Waals surface area contributed by atoms with Crippen molar-refractivity contribution in [2.75, 3.05) is 11.9 Å². The Hall–Kier alpha value is -5.45. The largest absolute Gasteiger partial charge is 0.329 e. The fourth-order valence-electron chi connectivity index (χ4n) is 6.98. The molecule has 11 nitrogen and oxygen atoms in total. The molecule has 2 unspecified atom stereocenters. The number of fused-ring (bicyclic) bond motifs is 2. The number of nitrogens with zero attached hydrogens (tertiary/aromatic N) is 7. The van der Waals surface area contributed by atoms with Gasteiger partial charge in [-0.1, -0.05) is 55.8 Å². The van der Waals surface area contributed by atoms with Crippen LogP contribution in [-0.2, 0) is 29.1 Å². The molecule has 0 bridgehead atoms. The van der Waals surface area contributed by atoms with Gasteiger partial charge in [0.25, 0.3) is 5.91 Å². The maximum absolute atomic E-state index is 13.9. The zero-order valence-electron chi connectivity index (χ0n) is 27.2. The number of anilines is 1. The highest BCUT2D eigenvalue weighted by Crippen LogP contribution is 2.31. The molecule has 0 saturated carbocycles. The van der Waals surface area contributed by atoms with E-state index >= 15 is 0 Å². The van der Waals surface area contributed by atoms with Gasteiger partial charge in [0.05, 0.1) is 5.52 Å². The van der Waals surface area contributed by atoms with E-state index in [1.807, 2.05) is 80.6 Å². The van der Waals surface area contributed by atoms with Crippen molar-refractivity contribution in [3.05, 3.63) is 83.8 Å². The molecular weight excluding hydrogens is 604 g/mol. The van der Waals surface area contributed by atoms with E-state index in [4.69, 9.17) is 0 Å². The highest BCUT2D eigenvalue weighted by molar-refractivity contribution is 6.07. The minimum Gasteiger partial charge on any atom is -0.329 e. The Morgan fingerprint density at radius 3 is 2.62 bits per heavy atom. The second-order valence-corrected chi connectivity index (χ2v) is 12.9. The summed E-state index contributed by atoms with van der Waals surface area (Å²) in [6.07, 6.45) is 4.82. The molecule has 0 spiro atoms. The summed E-state index contributed by atoms with van der Waals surface area (Å²) in [6.45, 7) is 8.66. The lowest BCUT2D eigenvalue weighted by Gasteiger charge is -2.24. The van der Waals surface area contributed by atoms with Gasteiger partial charge in [0, 0.05) is 36.1 Å². The SMILES string of the molecule is C=NC(=O)c1nn(CC(=O)N2CC(C)CC2C(=O)Nc2ccc(C)c(-c3nnc4n3CCCCC4)c2)c2ccc(-c3ccccc3)cc12. The van der Waals surface area contributed by atoms with Crippen LogP contribution in [0.15, 0.2) is 71.7 Å². The fourth-order valence-corrected chi connectivity index (χ4v) is 6.98. The van der Waals surface area contributed by atoms with Crippen LogP contribution in [0.4, 0.5) is 5.69 Å². The summed E-state index contributed by atoms with van der Waals surface area (Å²) < 4.78 is 3.72. The van der Waals surface area contributed by atoms with Crippen LogP contribution in [0.2, 0.25) is 0 Å². The van der Waals surface area contributed by atoms with Crippen molar-refractivity contribution in [2.45, 2.75) is 65.1 Å². The van der Waals surface area contributed by atoms with Crippen LogP contribution in [0.25, 0.3) is 33.4 Å². The standard InChI is InChI=1S/C37H38N8O3/c1-23-18-31(36(47)39-27-15-13-24(2)28(20-27)35-41-40-32-12-8-5-9-17-43(32)35)44(21-23)33(46)22-45-30-16-14-26(25-10-6-4-7-11-25)19-29(30)34(42-45)37(48)38-3/h4,6-7,10-11,13-16,19-20,23,31H,3,5,8-9,12,17-18,21-22H2,1-2H3,(H,39,47). The van der Waals surface area contributed by atoms with Gasteiger partial charge in [-0.15, -0.1) is 10.2 Å². The molecule has 5 aromatic rings. The number of aryl methyl sites for hydroxylation is 2. The Labute approximate surface area is 278 Å². The zero-order valence-corrected chi connectivity index (χ0v) is 27.2. The minimum atomic E-state index is -0.649. The smallest absolute Gasteiger partial charge is 0.297 e. The molecule has 1 fully saturated rings. The molecule has 1 N–H and O–H groups in total. The molecule has 0 radical (unpaired) electrons. The van der Waals surface area contributed by atoms with Crippen LogP contribution in [0, 0.1) is 12.8 Å². The molecule has 48 heavy (non-hydrogen) atoms. The fraction of sp³-hybridized carbons (Fsp3) is 0.324. The Morgan fingerprint density at radius 1 is 0.979 bits per heavy atom. The summed E-state index contributed by atoms with van der Waals surface area (Å²) in [6, 6.07) is 20.7. The predicted octanol–water partition coefficient (Wildman–Crippen LogP) is 5.71. The maximum Gasteiger partial charge on any atom is 0.297 e. The van der Waals surface area contributed by atoms with Gasteiger partial charge in [0.15, 0.2) is 11.5 Å². The van der Waals surface area contributed by atoms with Crippen LogP contribution < -0.4 is 5.32 Å². The van der Waals surface area contributed by atoms with Crippen molar-refractivity contribution in [2.24, 2.45) is 10.9 Å². The molecule has 3 amide bonds. The molecule has 0 aliphatic carbocycles. The van der Waals surface area contributed by atoms with Crippen LogP contribution in [-0.4, -0.2) is 66.5 Å². The van der Waals surface area contributed by atoms with E-state index in [1.165, 1.54) is 11.1 Å². The van der Waals surface area contributed by atoms with Crippen LogP contribution >= 0.6 is 0 Å². The van der Waals surface area contributed by atoms with E-state index in [9.17, 15) is 14.4 Å². The number of rotatable bonds is 7. The number of carbonyl (C=O) groups excluding carboxylic acids is 3. The monoisotopic (exact) mass is 642 g/mol. The predicted molar refractivity (Wildman–Crippen MR) is 185 cm³/mol. The molecule has 2 atom stereocenters. The highest BCUT2D eigenvalue weighted by atomic mass is 16.2. The molecule has 4 heterocycles. The molecule has 244 valence electrons. The van der Waals surface area contributed by atoms with Crippen LogP contribution in [0.1, 0.15) is 54.5 Å². The van der Waals surface area contributed by atoms with Gasteiger partial charge in [-0.25, -0.2) is 4.99 Å². The third-order valence-electron chi connectivity index (χ3n) is 9.48. The molecular formula is C37H38N8O3. The van der Waals surface area contributed by atoms with Crippen molar-refractivity contribution in [1.29, 1.82) is 0 Å². The first-order valence-electron chi connectivity index (χ1n) is 16.5. The number of benzene rings is 3. The lowest BCUT2D eigenvalue weighted by molar-refractivity contribution is -0.137. The third kappa shape index (κ3) is 5.92. The number of likely N-dealkylation sites (tertiary alicyclic amines) is 1. The summed E-state index contributed by atoms with van der Waals surface area (Å²) in [5, 5.41) is 17.2. The van der Waals surface area contributed by atoms with Gasteiger partial charge >= 0.3 is 0 Å². The van der Waals surface area contributed by atoms with Crippen molar-refractivity contribution in [3.63, 3.8) is 0 Å². The van der Waals surface area contributed by atoms with Crippen LogP contribution in [0.3, 0.4) is 0 Å². The summed E-state index contributed by atoms with van der Waals surface area (Å²) in [5.41, 5.74) is 5.29. The topological polar surface area (TPSA) is 127 Å². The molecule has 2 aromatic heterocycles. The number of amides is 3. The highest BCUT2D eigenvalue weighted by Gasteiger charge is 2.38. The molecule has 2 aliphatic heterocycles. The number of hydrogen-bond acceptors (Lipinski definition) is 6. The van der Waals surface area contributed by atoms with E-state index in [0.29, 0.717) is 29.6 Å². The van der Waals surface area contributed by atoms with Gasteiger partial charge in [0.1, 0.15) is 18.4 Å².